The lowest BCUT2D eigenvalue weighted by Crippen LogP contribution is -2.04. The Morgan fingerprint density at radius 3 is 1.96 bits per heavy atom. The zero-order valence-corrected chi connectivity index (χ0v) is 18.0. The molecule has 0 aliphatic carbocycles. The number of rotatable bonds is 4. The van der Waals surface area contributed by atoms with E-state index in [0.29, 0.717) is 0 Å². The summed E-state index contributed by atoms with van der Waals surface area (Å²) >= 11 is 3.86. The molecule has 0 aliphatic rings. The minimum absolute atomic E-state index is 0.731. The summed E-state index contributed by atoms with van der Waals surface area (Å²) in [4.78, 5) is 0. The number of benzene rings is 3. The highest BCUT2D eigenvalue weighted by Gasteiger charge is 2.19. The van der Waals surface area contributed by atoms with E-state index in [-0.39, 0.29) is 0 Å². The third-order valence-electron chi connectivity index (χ3n) is 4.96. The van der Waals surface area contributed by atoms with E-state index in [1.807, 2.05) is 0 Å². The van der Waals surface area contributed by atoms with Gasteiger partial charge in [-0.25, -0.2) is 0 Å². The Balaban J connectivity index is 1.86. The molecule has 0 spiro atoms. The Bertz CT molecular complexity index is 1110. The summed E-state index contributed by atoms with van der Waals surface area (Å²) in [6.07, 6.45) is 0. The monoisotopic (exact) mass is 430 g/mol. The fourth-order valence-corrected chi connectivity index (χ4v) is 4.16. The first-order valence-electron chi connectivity index (χ1n) is 9.47. The minimum Gasteiger partial charge on any atom is -0.259 e. The van der Waals surface area contributed by atoms with E-state index in [1.54, 1.807) is 0 Å². The van der Waals surface area contributed by atoms with Crippen molar-refractivity contribution < 1.29 is 0 Å². The number of hydrogen-bond donors (Lipinski definition) is 0. The first-order valence-corrected chi connectivity index (χ1v) is 10.3. The predicted molar refractivity (Wildman–Crippen MR) is 121 cm³/mol. The van der Waals surface area contributed by atoms with Crippen LogP contribution in [0, 0.1) is 20.8 Å². The number of nitrogens with zero attached hydrogens (tertiary/aromatic N) is 2. The Labute approximate surface area is 175 Å². The van der Waals surface area contributed by atoms with Crippen LogP contribution < -0.4 is 0 Å². The van der Waals surface area contributed by atoms with Crippen LogP contribution in [0.15, 0.2) is 77.3 Å². The van der Waals surface area contributed by atoms with Crippen LogP contribution in [-0.2, 0) is 6.54 Å². The SMILES string of the molecule is Cc1ccc(-c2nn(Cc3cccc(C)c3)c(-c3ccc(C)cc3)c2Br)cc1. The maximum atomic E-state index is 5.00. The van der Waals surface area contributed by atoms with Gasteiger partial charge in [-0.3, -0.25) is 4.68 Å². The minimum atomic E-state index is 0.731. The maximum Gasteiger partial charge on any atom is 0.107 e. The first-order chi connectivity index (χ1) is 13.5. The van der Waals surface area contributed by atoms with Gasteiger partial charge in [-0.1, -0.05) is 89.5 Å². The van der Waals surface area contributed by atoms with Crippen LogP contribution in [0.5, 0.6) is 0 Å². The van der Waals surface area contributed by atoms with E-state index in [0.717, 1.165) is 33.5 Å². The van der Waals surface area contributed by atoms with Crippen LogP contribution in [0.1, 0.15) is 22.3 Å². The number of halogens is 1. The molecule has 3 aromatic carbocycles. The van der Waals surface area contributed by atoms with Crippen molar-refractivity contribution in [3.05, 3.63) is 99.5 Å². The Hall–Kier alpha value is -2.65. The number of aromatic nitrogens is 2. The average Bonchev–Trinajstić information content (AvgIpc) is 2.99. The molecule has 0 fully saturated rings. The molecule has 28 heavy (non-hydrogen) atoms. The summed E-state index contributed by atoms with van der Waals surface area (Å²) in [5.74, 6) is 0. The highest BCUT2D eigenvalue weighted by molar-refractivity contribution is 9.10. The largest absolute Gasteiger partial charge is 0.259 e. The summed E-state index contributed by atoms with van der Waals surface area (Å²) in [6, 6.07) is 25.8. The van der Waals surface area contributed by atoms with E-state index in [1.165, 1.54) is 22.3 Å². The lowest BCUT2D eigenvalue weighted by Gasteiger charge is -2.09. The lowest BCUT2D eigenvalue weighted by atomic mass is 10.1. The van der Waals surface area contributed by atoms with Crippen molar-refractivity contribution in [2.75, 3.05) is 0 Å². The smallest absolute Gasteiger partial charge is 0.107 e. The third kappa shape index (κ3) is 3.81. The molecule has 4 aromatic rings. The molecule has 1 aromatic heterocycles. The van der Waals surface area contributed by atoms with Gasteiger partial charge in [0.2, 0.25) is 0 Å². The van der Waals surface area contributed by atoms with Gasteiger partial charge in [0, 0.05) is 11.1 Å². The molecule has 0 aliphatic heterocycles. The molecule has 0 bridgehead atoms. The molecule has 0 atom stereocenters. The Kier molecular flexibility index (Phi) is 5.19. The molecule has 0 saturated carbocycles. The molecule has 0 radical (unpaired) electrons. The molecule has 3 heteroatoms. The van der Waals surface area contributed by atoms with E-state index in [4.69, 9.17) is 5.10 Å². The third-order valence-corrected chi connectivity index (χ3v) is 5.71. The topological polar surface area (TPSA) is 17.8 Å². The molecular formula is C25H23BrN2. The van der Waals surface area contributed by atoms with Crippen molar-refractivity contribution in [3.63, 3.8) is 0 Å². The van der Waals surface area contributed by atoms with Crippen molar-refractivity contribution in [1.82, 2.24) is 9.78 Å². The van der Waals surface area contributed by atoms with Gasteiger partial charge in [0.25, 0.3) is 0 Å². The van der Waals surface area contributed by atoms with Gasteiger partial charge in [0.05, 0.1) is 16.7 Å². The molecule has 2 nitrogen and oxygen atoms in total. The van der Waals surface area contributed by atoms with Gasteiger partial charge in [0.1, 0.15) is 5.69 Å². The molecular weight excluding hydrogens is 408 g/mol. The quantitative estimate of drug-likeness (QED) is 0.342. The second-order valence-corrected chi connectivity index (χ2v) is 8.18. The van der Waals surface area contributed by atoms with Crippen molar-refractivity contribution in [2.45, 2.75) is 27.3 Å². The Morgan fingerprint density at radius 2 is 1.36 bits per heavy atom. The molecule has 0 unspecified atom stereocenters. The second kappa shape index (κ2) is 7.76. The van der Waals surface area contributed by atoms with E-state index < -0.39 is 0 Å². The second-order valence-electron chi connectivity index (χ2n) is 7.39. The summed E-state index contributed by atoms with van der Waals surface area (Å²) in [7, 11) is 0. The molecule has 1 heterocycles. The zero-order chi connectivity index (χ0) is 19.7. The lowest BCUT2D eigenvalue weighted by molar-refractivity contribution is 0.696. The Morgan fingerprint density at radius 1 is 0.750 bits per heavy atom. The van der Waals surface area contributed by atoms with Gasteiger partial charge in [0.15, 0.2) is 0 Å². The normalized spacial score (nSPS) is 11.0. The van der Waals surface area contributed by atoms with Gasteiger partial charge < -0.3 is 0 Å². The maximum absolute atomic E-state index is 5.00. The van der Waals surface area contributed by atoms with Gasteiger partial charge in [-0.05, 0) is 42.3 Å². The van der Waals surface area contributed by atoms with E-state index >= 15 is 0 Å². The standard InChI is InChI=1S/C25H23BrN2/c1-17-7-11-21(12-8-17)24-23(26)25(22-13-9-18(2)10-14-22)28(27-24)16-20-6-4-5-19(3)15-20/h4-15H,16H2,1-3H3. The fourth-order valence-electron chi connectivity index (χ4n) is 3.42. The summed E-state index contributed by atoms with van der Waals surface area (Å²) in [6.45, 7) is 7.07. The zero-order valence-electron chi connectivity index (χ0n) is 16.4. The van der Waals surface area contributed by atoms with Crippen molar-refractivity contribution in [1.29, 1.82) is 0 Å². The average molecular weight is 431 g/mol. The first kappa shape index (κ1) is 18.7. The van der Waals surface area contributed by atoms with Crippen LogP contribution in [0.3, 0.4) is 0 Å². The van der Waals surface area contributed by atoms with Gasteiger partial charge in [-0.15, -0.1) is 0 Å². The summed E-state index contributed by atoms with van der Waals surface area (Å²) in [5.41, 5.74) is 9.38. The molecule has 0 N–H and O–H groups in total. The van der Waals surface area contributed by atoms with Gasteiger partial charge in [-0.2, -0.15) is 5.10 Å². The van der Waals surface area contributed by atoms with Crippen molar-refractivity contribution >= 4 is 15.9 Å². The summed E-state index contributed by atoms with van der Waals surface area (Å²) in [5, 5.41) is 5.00. The van der Waals surface area contributed by atoms with E-state index in [9.17, 15) is 0 Å². The van der Waals surface area contributed by atoms with Crippen molar-refractivity contribution in [2.24, 2.45) is 0 Å². The highest BCUT2D eigenvalue weighted by atomic mass is 79.9. The van der Waals surface area contributed by atoms with Gasteiger partial charge >= 0.3 is 0 Å². The summed E-state index contributed by atoms with van der Waals surface area (Å²) < 4.78 is 3.14. The van der Waals surface area contributed by atoms with Crippen LogP contribution in [-0.4, -0.2) is 9.78 Å². The van der Waals surface area contributed by atoms with Crippen LogP contribution in [0.2, 0.25) is 0 Å². The number of aryl methyl sites for hydroxylation is 3. The predicted octanol–water partition coefficient (Wildman–Crippen LogP) is 6.95. The molecule has 4 rings (SSSR count). The van der Waals surface area contributed by atoms with Crippen LogP contribution in [0.4, 0.5) is 0 Å². The highest BCUT2D eigenvalue weighted by Crippen LogP contribution is 2.37. The molecule has 0 saturated heterocycles. The molecule has 0 amide bonds. The molecule has 140 valence electrons. The van der Waals surface area contributed by atoms with Crippen LogP contribution >= 0.6 is 15.9 Å². The van der Waals surface area contributed by atoms with Crippen molar-refractivity contribution in [3.8, 4) is 22.5 Å². The fraction of sp³-hybridized carbons (Fsp3) is 0.160. The van der Waals surface area contributed by atoms with E-state index in [2.05, 4.69) is 114 Å². The van der Waals surface area contributed by atoms with Crippen LogP contribution in [0.25, 0.3) is 22.5 Å². The number of hydrogen-bond acceptors (Lipinski definition) is 1.